The monoisotopic (exact) mass is 258 g/mol. The van der Waals surface area contributed by atoms with Crippen LogP contribution >= 0.6 is 0 Å². The van der Waals surface area contributed by atoms with E-state index in [1.165, 1.54) is 6.07 Å². The molecule has 2 aromatic rings. The van der Waals surface area contributed by atoms with E-state index in [2.05, 4.69) is 5.32 Å². The van der Waals surface area contributed by atoms with Crippen molar-refractivity contribution in [2.75, 3.05) is 12.4 Å². The van der Waals surface area contributed by atoms with Crippen LogP contribution in [0, 0.1) is 10.1 Å². The van der Waals surface area contributed by atoms with Crippen molar-refractivity contribution >= 4 is 17.1 Å². The molecule has 0 atom stereocenters. The summed E-state index contributed by atoms with van der Waals surface area (Å²) >= 11 is 0. The molecule has 0 saturated heterocycles. The molecule has 0 unspecified atom stereocenters. The molecule has 0 aliphatic rings. The van der Waals surface area contributed by atoms with E-state index in [4.69, 9.17) is 4.74 Å². The highest BCUT2D eigenvalue weighted by atomic mass is 16.6. The number of hydrogen-bond donors (Lipinski definition) is 1. The second-order valence-electron chi connectivity index (χ2n) is 4.03. The Balaban J connectivity index is 2.26. The van der Waals surface area contributed by atoms with Gasteiger partial charge in [-0.15, -0.1) is 0 Å². The van der Waals surface area contributed by atoms with Crippen LogP contribution in [0.2, 0.25) is 0 Å². The first-order valence-electron chi connectivity index (χ1n) is 5.79. The summed E-state index contributed by atoms with van der Waals surface area (Å²) in [5.41, 5.74) is 2.33. The molecule has 5 nitrogen and oxygen atoms in total. The molecule has 0 heterocycles. The minimum absolute atomic E-state index is 0.0552. The summed E-state index contributed by atoms with van der Waals surface area (Å²) in [4.78, 5) is 10.5. The number of benzene rings is 2. The number of anilines is 2. The SMILES string of the molecule is COCc1cccc(Nc2ccccc2[N+](=O)[O-])c1. The quantitative estimate of drug-likeness (QED) is 0.658. The molecule has 0 fully saturated rings. The van der Waals surface area contributed by atoms with Crippen molar-refractivity contribution in [3.8, 4) is 0 Å². The van der Waals surface area contributed by atoms with Gasteiger partial charge in [0.15, 0.2) is 0 Å². The van der Waals surface area contributed by atoms with Crippen LogP contribution in [0.1, 0.15) is 5.56 Å². The van der Waals surface area contributed by atoms with Crippen LogP contribution in [0.3, 0.4) is 0 Å². The molecule has 0 bridgehead atoms. The Morgan fingerprint density at radius 2 is 2.00 bits per heavy atom. The molecular formula is C14H14N2O3. The molecule has 98 valence electrons. The van der Waals surface area contributed by atoms with Crippen molar-refractivity contribution in [3.05, 3.63) is 64.2 Å². The minimum atomic E-state index is -0.401. The van der Waals surface area contributed by atoms with Crippen molar-refractivity contribution in [3.63, 3.8) is 0 Å². The lowest BCUT2D eigenvalue weighted by Gasteiger charge is -2.08. The summed E-state index contributed by atoms with van der Waals surface area (Å²) in [7, 11) is 1.63. The van der Waals surface area contributed by atoms with Gasteiger partial charge in [0.25, 0.3) is 5.69 Å². The average molecular weight is 258 g/mol. The van der Waals surface area contributed by atoms with E-state index < -0.39 is 4.92 Å². The Morgan fingerprint density at radius 1 is 1.21 bits per heavy atom. The second-order valence-corrected chi connectivity index (χ2v) is 4.03. The number of nitro benzene ring substituents is 1. The van der Waals surface area contributed by atoms with Crippen LogP contribution in [-0.2, 0) is 11.3 Å². The fourth-order valence-electron chi connectivity index (χ4n) is 1.80. The maximum Gasteiger partial charge on any atom is 0.292 e. The summed E-state index contributed by atoms with van der Waals surface area (Å²) in [6.45, 7) is 0.506. The predicted molar refractivity (Wildman–Crippen MR) is 73.5 cm³/mol. The zero-order valence-corrected chi connectivity index (χ0v) is 10.5. The lowest BCUT2D eigenvalue weighted by molar-refractivity contribution is -0.383. The molecule has 0 aliphatic carbocycles. The van der Waals surface area contributed by atoms with Gasteiger partial charge < -0.3 is 10.1 Å². The van der Waals surface area contributed by atoms with Gasteiger partial charge in [0.05, 0.1) is 11.5 Å². The highest BCUT2D eigenvalue weighted by molar-refractivity contribution is 5.69. The van der Waals surface area contributed by atoms with Crippen LogP contribution in [-0.4, -0.2) is 12.0 Å². The Hall–Kier alpha value is -2.40. The third-order valence-corrected chi connectivity index (χ3v) is 2.62. The number of ether oxygens (including phenoxy) is 1. The van der Waals surface area contributed by atoms with Crippen LogP contribution < -0.4 is 5.32 Å². The normalized spacial score (nSPS) is 10.2. The van der Waals surface area contributed by atoms with E-state index in [9.17, 15) is 10.1 Å². The average Bonchev–Trinajstić information content (AvgIpc) is 2.40. The number of nitro groups is 1. The Labute approximate surface area is 111 Å². The molecule has 5 heteroatoms. The van der Waals surface area contributed by atoms with E-state index in [0.717, 1.165) is 11.3 Å². The second kappa shape index (κ2) is 5.97. The smallest absolute Gasteiger partial charge is 0.292 e. The van der Waals surface area contributed by atoms with Gasteiger partial charge in [0.1, 0.15) is 5.69 Å². The molecule has 19 heavy (non-hydrogen) atoms. The highest BCUT2D eigenvalue weighted by Gasteiger charge is 2.12. The van der Waals surface area contributed by atoms with E-state index >= 15 is 0 Å². The summed E-state index contributed by atoms with van der Waals surface area (Å²) < 4.78 is 5.06. The number of nitrogens with zero attached hydrogens (tertiary/aromatic N) is 1. The molecule has 0 aromatic heterocycles. The molecule has 0 radical (unpaired) electrons. The van der Waals surface area contributed by atoms with Crippen LogP contribution in [0.25, 0.3) is 0 Å². The van der Waals surface area contributed by atoms with E-state index in [0.29, 0.717) is 12.3 Å². The zero-order chi connectivity index (χ0) is 13.7. The molecule has 2 aromatic carbocycles. The first-order chi connectivity index (χ1) is 9.20. The summed E-state index contributed by atoms with van der Waals surface area (Å²) in [6, 6.07) is 14.1. The van der Waals surface area contributed by atoms with Gasteiger partial charge in [-0.05, 0) is 23.8 Å². The number of hydrogen-bond acceptors (Lipinski definition) is 4. The van der Waals surface area contributed by atoms with Gasteiger partial charge in [0.2, 0.25) is 0 Å². The van der Waals surface area contributed by atoms with Crippen LogP contribution in [0.4, 0.5) is 17.1 Å². The fourth-order valence-corrected chi connectivity index (χ4v) is 1.80. The van der Waals surface area contributed by atoms with Crippen molar-refractivity contribution in [1.82, 2.24) is 0 Å². The van der Waals surface area contributed by atoms with Gasteiger partial charge in [-0.3, -0.25) is 10.1 Å². The first kappa shape index (κ1) is 13.0. The van der Waals surface area contributed by atoms with Gasteiger partial charge in [-0.2, -0.15) is 0 Å². The topological polar surface area (TPSA) is 64.4 Å². The van der Waals surface area contributed by atoms with Crippen LogP contribution in [0.15, 0.2) is 48.5 Å². The number of methoxy groups -OCH3 is 1. The van der Waals surface area contributed by atoms with Crippen molar-refractivity contribution in [1.29, 1.82) is 0 Å². The van der Waals surface area contributed by atoms with Gasteiger partial charge >= 0.3 is 0 Å². The van der Waals surface area contributed by atoms with E-state index in [1.807, 2.05) is 24.3 Å². The summed E-state index contributed by atoms with van der Waals surface area (Å²) in [5, 5.41) is 14.0. The molecule has 2 rings (SSSR count). The van der Waals surface area contributed by atoms with Crippen LogP contribution in [0.5, 0.6) is 0 Å². The Kier molecular flexibility index (Phi) is 4.10. The maximum absolute atomic E-state index is 10.9. The van der Waals surface area contributed by atoms with Crippen molar-refractivity contribution in [2.24, 2.45) is 0 Å². The summed E-state index contributed by atoms with van der Waals surface area (Å²) in [6.07, 6.45) is 0. The van der Waals surface area contributed by atoms with Crippen molar-refractivity contribution < 1.29 is 9.66 Å². The Bertz CT molecular complexity index is 584. The Morgan fingerprint density at radius 3 is 2.74 bits per heavy atom. The number of para-hydroxylation sites is 2. The highest BCUT2D eigenvalue weighted by Crippen LogP contribution is 2.27. The predicted octanol–water partition coefficient (Wildman–Crippen LogP) is 3.48. The fraction of sp³-hybridized carbons (Fsp3) is 0.143. The lowest BCUT2D eigenvalue weighted by Crippen LogP contribution is -1.97. The summed E-state index contributed by atoms with van der Waals surface area (Å²) in [5.74, 6) is 0. The zero-order valence-electron chi connectivity index (χ0n) is 10.5. The third kappa shape index (κ3) is 3.29. The van der Waals surface area contributed by atoms with Gasteiger partial charge in [0, 0.05) is 18.9 Å². The largest absolute Gasteiger partial charge is 0.380 e. The molecule has 0 spiro atoms. The van der Waals surface area contributed by atoms with E-state index in [1.54, 1.807) is 25.3 Å². The molecule has 0 amide bonds. The van der Waals surface area contributed by atoms with E-state index in [-0.39, 0.29) is 5.69 Å². The van der Waals surface area contributed by atoms with Crippen molar-refractivity contribution in [2.45, 2.75) is 6.61 Å². The molecular weight excluding hydrogens is 244 g/mol. The minimum Gasteiger partial charge on any atom is -0.380 e. The number of rotatable bonds is 5. The maximum atomic E-state index is 10.9. The first-order valence-corrected chi connectivity index (χ1v) is 5.79. The molecule has 0 aliphatic heterocycles. The van der Waals surface area contributed by atoms with Gasteiger partial charge in [-0.1, -0.05) is 24.3 Å². The lowest BCUT2D eigenvalue weighted by atomic mass is 10.2. The third-order valence-electron chi connectivity index (χ3n) is 2.62. The van der Waals surface area contributed by atoms with Gasteiger partial charge in [-0.25, -0.2) is 0 Å². The molecule has 1 N–H and O–H groups in total. The number of nitrogens with one attached hydrogen (secondary N) is 1. The molecule has 0 saturated carbocycles. The standard InChI is InChI=1S/C14H14N2O3/c1-19-10-11-5-4-6-12(9-11)15-13-7-2-3-8-14(13)16(17)18/h2-9,15H,10H2,1H3.